The highest BCUT2D eigenvalue weighted by Gasteiger charge is 2.22. The maximum atomic E-state index is 12.4. The van der Waals surface area contributed by atoms with Crippen molar-refractivity contribution in [3.63, 3.8) is 0 Å². The van der Waals surface area contributed by atoms with E-state index in [2.05, 4.69) is 6.92 Å². The Balaban J connectivity index is 3.14. The maximum Gasteiger partial charge on any atom is 0.257 e. The van der Waals surface area contributed by atoms with Gasteiger partial charge >= 0.3 is 0 Å². The van der Waals surface area contributed by atoms with Gasteiger partial charge in [0.2, 0.25) is 5.75 Å². The van der Waals surface area contributed by atoms with Crippen LogP contribution in [0.2, 0.25) is 0 Å². The summed E-state index contributed by atoms with van der Waals surface area (Å²) in [6, 6.07) is 3.41. The van der Waals surface area contributed by atoms with Gasteiger partial charge in [-0.1, -0.05) is 13.3 Å². The molecule has 0 aromatic heterocycles. The van der Waals surface area contributed by atoms with Gasteiger partial charge in [-0.3, -0.25) is 4.79 Å². The highest BCUT2D eigenvalue weighted by atomic mass is 16.5. The van der Waals surface area contributed by atoms with Gasteiger partial charge in [-0.05, 0) is 18.6 Å². The van der Waals surface area contributed by atoms with E-state index >= 15 is 0 Å². The fourth-order valence-corrected chi connectivity index (χ4v) is 1.97. The van der Waals surface area contributed by atoms with Crippen LogP contribution >= 0.6 is 0 Å². The number of rotatable bonds is 7. The number of amides is 1. The monoisotopic (exact) mass is 281 g/mol. The topological polar surface area (TPSA) is 48.0 Å². The molecule has 5 nitrogen and oxygen atoms in total. The number of hydrogen-bond acceptors (Lipinski definition) is 4. The molecule has 20 heavy (non-hydrogen) atoms. The molecule has 1 aromatic rings. The van der Waals surface area contributed by atoms with Crippen LogP contribution in [-0.2, 0) is 0 Å². The second-order valence-corrected chi connectivity index (χ2v) is 4.46. The first kappa shape index (κ1) is 16.1. The van der Waals surface area contributed by atoms with Crippen LogP contribution < -0.4 is 14.2 Å². The molecule has 1 rings (SSSR count). The summed E-state index contributed by atoms with van der Waals surface area (Å²) in [5.74, 6) is 1.29. The molecular weight excluding hydrogens is 258 g/mol. The van der Waals surface area contributed by atoms with Gasteiger partial charge in [0.15, 0.2) is 11.5 Å². The van der Waals surface area contributed by atoms with E-state index in [1.165, 1.54) is 14.2 Å². The number of methoxy groups -OCH3 is 3. The summed E-state index contributed by atoms with van der Waals surface area (Å²) in [6.45, 7) is 2.81. The van der Waals surface area contributed by atoms with Crippen LogP contribution in [0.3, 0.4) is 0 Å². The van der Waals surface area contributed by atoms with E-state index in [9.17, 15) is 4.79 Å². The molecule has 0 atom stereocenters. The highest BCUT2D eigenvalue weighted by Crippen LogP contribution is 2.40. The largest absolute Gasteiger partial charge is 0.493 e. The Labute approximate surface area is 120 Å². The summed E-state index contributed by atoms with van der Waals surface area (Å²) < 4.78 is 15.8. The van der Waals surface area contributed by atoms with Crippen molar-refractivity contribution in [1.29, 1.82) is 0 Å². The Bertz CT molecular complexity index is 459. The third-order valence-corrected chi connectivity index (χ3v) is 3.13. The van der Waals surface area contributed by atoms with Crippen molar-refractivity contribution in [3.05, 3.63) is 17.7 Å². The van der Waals surface area contributed by atoms with Crippen LogP contribution in [0.25, 0.3) is 0 Å². The summed E-state index contributed by atoms with van der Waals surface area (Å²) in [7, 11) is 6.37. The average Bonchev–Trinajstić information content (AvgIpc) is 2.49. The predicted molar refractivity (Wildman–Crippen MR) is 78.0 cm³/mol. The van der Waals surface area contributed by atoms with Gasteiger partial charge in [0.05, 0.1) is 26.9 Å². The third kappa shape index (κ3) is 3.35. The Kier molecular flexibility index (Phi) is 6.15. The molecule has 0 bridgehead atoms. The zero-order chi connectivity index (χ0) is 15.1. The number of carbonyl (C=O) groups is 1. The van der Waals surface area contributed by atoms with E-state index in [4.69, 9.17) is 14.2 Å². The molecule has 0 saturated heterocycles. The molecule has 0 radical (unpaired) electrons. The molecule has 1 amide bonds. The van der Waals surface area contributed by atoms with Crippen molar-refractivity contribution in [2.75, 3.05) is 34.9 Å². The normalized spacial score (nSPS) is 10.1. The summed E-state index contributed by atoms with van der Waals surface area (Å²) >= 11 is 0. The Morgan fingerprint density at radius 1 is 1.10 bits per heavy atom. The maximum absolute atomic E-state index is 12.4. The Morgan fingerprint density at radius 2 is 1.75 bits per heavy atom. The Morgan fingerprint density at radius 3 is 2.25 bits per heavy atom. The second kappa shape index (κ2) is 7.62. The minimum atomic E-state index is -0.0868. The number of hydrogen-bond donors (Lipinski definition) is 0. The lowest BCUT2D eigenvalue weighted by molar-refractivity contribution is 0.0789. The number of benzene rings is 1. The molecule has 0 aliphatic rings. The van der Waals surface area contributed by atoms with E-state index in [0.29, 0.717) is 29.4 Å². The summed E-state index contributed by atoms with van der Waals surface area (Å²) in [4.78, 5) is 14.1. The van der Waals surface area contributed by atoms with Crippen molar-refractivity contribution in [2.24, 2.45) is 0 Å². The number of nitrogens with zero attached hydrogens (tertiary/aromatic N) is 1. The molecule has 0 unspecified atom stereocenters. The summed E-state index contributed by atoms with van der Waals surface area (Å²) in [6.07, 6.45) is 2.01. The van der Waals surface area contributed by atoms with Crippen molar-refractivity contribution in [2.45, 2.75) is 19.8 Å². The van der Waals surface area contributed by atoms with Crippen LogP contribution in [0.1, 0.15) is 30.1 Å². The first-order chi connectivity index (χ1) is 9.60. The molecule has 0 saturated carbocycles. The van der Waals surface area contributed by atoms with E-state index < -0.39 is 0 Å². The minimum absolute atomic E-state index is 0.0868. The molecule has 0 heterocycles. The van der Waals surface area contributed by atoms with Gasteiger partial charge < -0.3 is 19.1 Å². The van der Waals surface area contributed by atoms with Crippen molar-refractivity contribution >= 4 is 5.91 Å². The number of carbonyl (C=O) groups excluding carboxylic acids is 1. The van der Waals surface area contributed by atoms with E-state index in [-0.39, 0.29) is 5.91 Å². The fraction of sp³-hybridized carbons (Fsp3) is 0.533. The van der Waals surface area contributed by atoms with E-state index in [0.717, 1.165) is 12.8 Å². The minimum Gasteiger partial charge on any atom is -0.493 e. The first-order valence-corrected chi connectivity index (χ1v) is 6.65. The van der Waals surface area contributed by atoms with Gasteiger partial charge in [-0.15, -0.1) is 0 Å². The highest BCUT2D eigenvalue weighted by molar-refractivity contribution is 5.98. The van der Waals surface area contributed by atoms with Crippen LogP contribution in [0.5, 0.6) is 17.2 Å². The zero-order valence-electron chi connectivity index (χ0n) is 12.9. The third-order valence-electron chi connectivity index (χ3n) is 3.13. The molecule has 0 aliphatic heterocycles. The lowest BCUT2D eigenvalue weighted by Gasteiger charge is -2.20. The van der Waals surface area contributed by atoms with Gasteiger partial charge in [-0.25, -0.2) is 0 Å². The lowest BCUT2D eigenvalue weighted by atomic mass is 10.1. The number of unbranched alkanes of at least 4 members (excludes halogenated alkanes) is 1. The summed E-state index contributed by atoms with van der Waals surface area (Å²) in [5, 5.41) is 0. The SMILES string of the molecule is CCCCN(C)C(=O)c1ccc(OC)c(OC)c1OC. The fourth-order valence-electron chi connectivity index (χ4n) is 1.97. The average molecular weight is 281 g/mol. The second-order valence-electron chi connectivity index (χ2n) is 4.46. The van der Waals surface area contributed by atoms with Crippen LogP contribution in [0, 0.1) is 0 Å². The molecule has 0 spiro atoms. The Hall–Kier alpha value is -1.91. The molecular formula is C15H23NO4. The van der Waals surface area contributed by atoms with Gasteiger partial charge in [0, 0.05) is 13.6 Å². The van der Waals surface area contributed by atoms with E-state index in [1.807, 2.05) is 0 Å². The molecule has 5 heteroatoms. The molecule has 1 aromatic carbocycles. The number of ether oxygens (including phenoxy) is 3. The zero-order valence-corrected chi connectivity index (χ0v) is 12.9. The predicted octanol–water partition coefficient (Wildman–Crippen LogP) is 2.58. The van der Waals surface area contributed by atoms with Crippen LogP contribution in [0.4, 0.5) is 0 Å². The van der Waals surface area contributed by atoms with Gasteiger partial charge in [0.25, 0.3) is 5.91 Å². The molecule has 0 N–H and O–H groups in total. The van der Waals surface area contributed by atoms with Crippen LogP contribution in [-0.4, -0.2) is 45.7 Å². The standard InChI is InChI=1S/C15H23NO4/c1-6-7-10-16(2)15(17)11-8-9-12(18-3)14(20-5)13(11)19-4/h8-9H,6-7,10H2,1-5H3. The smallest absolute Gasteiger partial charge is 0.257 e. The molecule has 0 aliphatic carbocycles. The van der Waals surface area contributed by atoms with Gasteiger partial charge in [-0.2, -0.15) is 0 Å². The van der Waals surface area contributed by atoms with Crippen molar-refractivity contribution < 1.29 is 19.0 Å². The van der Waals surface area contributed by atoms with E-state index in [1.54, 1.807) is 31.2 Å². The first-order valence-electron chi connectivity index (χ1n) is 6.65. The molecule has 112 valence electrons. The van der Waals surface area contributed by atoms with Crippen molar-refractivity contribution in [3.8, 4) is 17.2 Å². The van der Waals surface area contributed by atoms with Crippen molar-refractivity contribution in [1.82, 2.24) is 4.90 Å². The van der Waals surface area contributed by atoms with Crippen LogP contribution in [0.15, 0.2) is 12.1 Å². The summed E-state index contributed by atoms with van der Waals surface area (Å²) in [5.41, 5.74) is 0.476. The molecule has 0 fully saturated rings. The van der Waals surface area contributed by atoms with Gasteiger partial charge in [0.1, 0.15) is 0 Å². The quantitative estimate of drug-likeness (QED) is 0.770. The lowest BCUT2D eigenvalue weighted by Crippen LogP contribution is -2.28.